The standard InChI is InChI=1S/C12H15FO/c1-9-5-4-6-10(7-9)8-11(14)12(2,3)13/h4-7H,8H2,1-3H3. The molecule has 0 aliphatic heterocycles. The molecule has 0 N–H and O–H groups in total. The smallest absolute Gasteiger partial charge is 0.173 e. The zero-order valence-electron chi connectivity index (χ0n) is 8.80. The van der Waals surface area contributed by atoms with Crippen molar-refractivity contribution in [3.05, 3.63) is 35.4 Å². The van der Waals surface area contributed by atoms with Crippen molar-refractivity contribution in [1.82, 2.24) is 0 Å². The van der Waals surface area contributed by atoms with E-state index in [2.05, 4.69) is 0 Å². The summed E-state index contributed by atoms with van der Waals surface area (Å²) in [6.07, 6.45) is 0.172. The van der Waals surface area contributed by atoms with Crippen LogP contribution in [0.5, 0.6) is 0 Å². The van der Waals surface area contributed by atoms with Crippen LogP contribution in [-0.2, 0) is 11.2 Å². The Kier molecular flexibility index (Phi) is 3.04. The van der Waals surface area contributed by atoms with Crippen LogP contribution in [0.2, 0.25) is 0 Å². The minimum atomic E-state index is -1.73. The van der Waals surface area contributed by atoms with Crippen LogP contribution in [0.3, 0.4) is 0 Å². The van der Waals surface area contributed by atoms with Gasteiger partial charge in [-0.1, -0.05) is 29.8 Å². The monoisotopic (exact) mass is 194 g/mol. The molecule has 0 radical (unpaired) electrons. The van der Waals surface area contributed by atoms with Crippen LogP contribution in [0.4, 0.5) is 4.39 Å². The summed E-state index contributed by atoms with van der Waals surface area (Å²) < 4.78 is 13.2. The molecule has 1 aromatic carbocycles. The molecular formula is C12H15FO. The first-order valence-corrected chi connectivity index (χ1v) is 4.67. The van der Waals surface area contributed by atoms with E-state index in [1.54, 1.807) is 0 Å². The van der Waals surface area contributed by atoms with E-state index in [9.17, 15) is 9.18 Å². The molecule has 1 nitrogen and oxygen atoms in total. The molecule has 0 aliphatic rings. The van der Waals surface area contributed by atoms with Gasteiger partial charge in [-0.05, 0) is 26.3 Å². The molecule has 0 amide bonds. The van der Waals surface area contributed by atoms with Gasteiger partial charge >= 0.3 is 0 Å². The lowest BCUT2D eigenvalue weighted by molar-refractivity contribution is -0.127. The summed E-state index contributed by atoms with van der Waals surface area (Å²) in [7, 11) is 0. The minimum absolute atomic E-state index is 0.172. The van der Waals surface area contributed by atoms with E-state index >= 15 is 0 Å². The van der Waals surface area contributed by atoms with Gasteiger partial charge in [-0.2, -0.15) is 0 Å². The van der Waals surface area contributed by atoms with Crippen molar-refractivity contribution in [2.75, 3.05) is 0 Å². The summed E-state index contributed by atoms with van der Waals surface area (Å²) in [5.74, 6) is -0.372. The lowest BCUT2D eigenvalue weighted by Gasteiger charge is -2.12. The second kappa shape index (κ2) is 3.91. The van der Waals surface area contributed by atoms with Gasteiger partial charge in [0.2, 0.25) is 0 Å². The number of hydrogen-bond acceptors (Lipinski definition) is 1. The number of ketones is 1. The number of alkyl halides is 1. The zero-order valence-corrected chi connectivity index (χ0v) is 8.80. The van der Waals surface area contributed by atoms with Gasteiger partial charge in [0.25, 0.3) is 0 Å². The Labute approximate surface area is 83.9 Å². The van der Waals surface area contributed by atoms with E-state index in [1.165, 1.54) is 13.8 Å². The number of hydrogen-bond donors (Lipinski definition) is 0. The maximum Gasteiger partial charge on any atom is 0.173 e. The summed E-state index contributed by atoms with van der Waals surface area (Å²) in [5.41, 5.74) is 0.233. The number of aryl methyl sites for hydroxylation is 1. The molecule has 0 atom stereocenters. The van der Waals surface area contributed by atoms with Crippen LogP contribution >= 0.6 is 0 Å². The normalized spacial score (nSPS) is 11.4. The molecule has 14 heavy (non-hydrogen) atoms. The molecule has 0 aromatic heterocycles. The van der Waals surface area contributed by atoms with Gasteiger partial charge < -0.3 is 0 Å². The average Bonchev–Trinajstić information content (AvgIpc) is 2.02. The van der Waals surface area contributed by atoms with Crippen LogP contribution in [0.15, 0.2) is 24.3 Å². The van der Waals surface area contributed by atoms with Gasteiger partial charge in [-0.25, -0.2) is 4.39 Å². The van der Waals surface area contributed by atoms with Crippen molar-refractivity contribution in [3.8, 4) is 0 Å². The predicted octanol–water partition coefficient (Wildman–Crippen LogP) is 2.85. The van der Waals surface area contributed by atoms with Crippen molar-refractivity contribution in [2.45, 2.75) is 32.9 Å². The Bertz CT molecular complexity index is 336. The maximum absolute atomic E-state index is 13.2. The summed E-state index contributed by atoms with van der Waals surface area (Å²) in [6.45, 7) is 4.55. The zero-order chi connectivity index (χ0) is 10.8. The van der Waals surface area contributed by atoms with Gasteiger partial charge in [0.15, 0.2) is 11.5 Å². The molecule has 76 valence electrons. The van der Waals surface area contributed by atoms with Crippen molar-refractivity contribution >= 4 is 5.78 Å². The largest absolute Gasteiger partial charge is 0.296 e. The predicted molar refractivity (Wildman–Crippen MR) is 55.1 cm³/mol. The van der Waals surface area contributed by atoms with Crippen LogP contribution in [-0.4, -0.2) is 11.5 Å². The fourth-order valence-corrected chi connectivity index (χ4v) is 1.22. The van der Waals surface area contributed by atoms with E-state index in [0.29, 0.717) is 0 Å². The molecule has 0 bridgehead atoms. The highest BCUT2D eigenvalue weighted by Crippen LogP contribution is 2.14. The first-order valence-electron chi connectivity index (χ1n) is 4.67. The molecule has 0 unspecified atom stereocenters. The number of rotatable bonds is 3. The molecule has 1 rings (SSSR count). The van der Waals surface area contributed by atoms with Crippen molar-refractivity contribution in [1.29, 1.82) is 0 Å². The van der Waals surface area contributed by atoms with Gasteiger partial charge in [0.05, 0.1) is 0 Å². The molecule has 1 aromatic rings. The molecule has 0 saturated heterocycles. The Hall–Kier alpha value is -1.18. The summed E-state index contributed by atoms with van der Waals surface area (Å²) in [5, 5.41) is 0. The number of halogens is 1. The highest BCUT2D eigenvalue weighted by molar-refractivity contribution is 5.88. The van der Waals surface area contributed by atoms with Crippen LogP contribution in [0, 0.1) is 6.92 Å². The molecule has 0 saturated carbocycles. The van der Waals surface area contributed by atoms with Crippen molar-refractivity contribution in [2.24, 2.45) is 0 Å². The fourth-order valence-electron chi connectivity index (χ4n) is 1.22. The molecular weight excluding hydrogens is 179 g/mol. The number of benzene rings is 1. The second-order valence-electron chi connectivity index (χ2n) is 4.06. The van der Waals surface area contributed by atoms with Crippen molar-refractivity contribution < 1.29 is 9.18 Å². The minimum Gasteiger partial charge on any atom is -0.296 e. The topological polar surface area (TPSA) is 17.1 Å². The third-order valence-electron chi connectivity index (χ3n) is 2.11. The van der Waals surface area contributed by atoms with Gasteiger partial charge in [0.1, 0.15) is 0 Å². The molecule has 0 aliphatic carbocycles. The second-order valence-corrected chi connectivity index (χ2v) is 4.06. The third kappa shape index (κ3) is 2.95. The number of carbonyl (C=O) groups excluding carboxylic acids is 1. The van der Waals surface area contributed by atoms with E-state index in [-0.39, 0.29) is 12.2 Å². The van der Waals surface area contributed by atoms with Crippen LogP contribution < -0.4 is 0 Å². The summed E-state index contributed by atoms with van der Waals surface area (Å²) in [4.78, 5) is 11.4. The lowest BCUT2D eigenvalue weighted by Crippen LogP contribution is -2.27. The Morgan fingerprint density at radius 2 is 2.07 bits per heavy atom. The Balaban J connectivity index is 2.75. The quantitative estimate of drug-likeness (QED) is 0.723. The van der Waals surface area contributed by atoms with Crippen LogP contribution in [0.25, 0.3) is 0 Å². The Morgan fingerprint density at radius 1 is 1.43 bits per heavy atom. The first kappa shape index (κ1) is 10.9. The highest BCUT2D eigenvalue weighted by atomic mass is 19.1. The Morgan fingerprint density at radius 3 is 2.57 bits per heavy atom. The van der Waals surface area contributed by atoms with E-state index < -0.39 is 5.67 Å². The lowest BCUT2D eigenvalue weighted by atomic mass is 9.98. The van der Waals surface area contributed by atoms with E-state index in [4.69, 9.17) is 0 Å². The van der Waals surface area contributed by atoms with E-state index in [0.717, 1.165) is 11.1 Å². The maximum atomic E-state index is 13.2. The van der Waals surface area contributed by atoms with Crippen molar-refractivity contribution in [3.63, 3.8) is 0 Å². The SMILES string of the molecule is Cc1cccc(CC(=O)C(C)(C)F)c1. The van der Waals surface area contributed by atoms with Gasteiger partial charge in [0, 0.05) is 6.42 Å². The molecule has 0 fully saturated rings. The first-order chi connectivity index (χ1) is 6.39. The summed E-state index contributed by atoms with van der Waals surface area (Å²) in [6, 6.07) is 7.58. The third-order valence-corrected chi connectivity index (χ3v) is 2.11. The molecule has 2 heteroatoms. The highest BCUT2D eigenvalue weighted by Gasteiger charge is 2.25. The fraction of sp³-hybridized carbons (Fsp3) is 0.417. The number of carbonyl (C=O) groups is 1. The number of Topliss-reactive ketones (excluding diaryl/α,β-unsaturated/α-hetero) is 1. The average molecular weight is 194 g/mol. The van der Waals surface area contributed by atoms with Gasteiger partial charge in [-0.3, -0.25) is 4.79 Å². The van der Waals surface area contributed by atoms with E-state index in [1.807, 2.05) is 31.2 Å². The summed E-state index contributed by atoms with van der Waals surface area (Å²) >= 11 is 0. The molecule has 0 spiro atoms. The van der Waals surface area contributed by atoms with Gasteiger partial charge in [-0.15, -0.1) is 0 Å². The van der Waals surface area contributed by atoms with Crippen LogP contribution in [0.1, 0.15) is 25.0 Å². The molecule has 0 heterocycles.